The van der Waals surface area contributed by atoms with Crippen molar-refractivity contribution in [3.8, 4) is 28.7 Å². The number of piperidine rings is 1. The van der Waals surface area contributed by atoms with E-state index in [2.05, 4.69) is 20.1 Å². The normalized spacial score (nSPS) is 20.7. The van der Waals surface area contributed by atoms with Gasteiger partial charge in [0.05, 0.1) is 11.2 Å². The molecule has 190 valence electrons. The fourth-order valence-electron chi connectivity index (χ4n) is 4.80. The van der Waals surface area contributed by atoms with Crippen LogP contribution >= 0.6 is 11.3 Å². The van der Waals surface area contributed by atoms with Crippen LogP contribution in [0.15, 0.2) is 47.3 Å². The van der Waals surface area contributed by atoms with E-state index in [9.17, 15) is 9.18 Å². The number of ether oxygens (including phenoxy) is 1. The molecule has 1 aliphatic carbocycles. The number of thiazole rings is 1. The van der Waals surface area contributed by atoms with E-state index in [0.29, 0.717) is 42.0 Å². The highest BCUT2D eigenvalue weighted by Gasteiger charge is 2.59. The van der Waals surface area contributed by atoms with Crippen molar-refractivity contribution in [1.82, 2.24) is 29.6 Å². The third kappa shape index (κ3) is 4.49. The minimum atomic E-state index is -0.605. The zero-order valence-corrected chi connectivity index (χ0v) is 21.4. The lowest BCUT2D eigenvalue weighted by Crippen LogP contribution is -2.35. The topological polar surface area (TPSA) is 112 Å². The Labute approximate surface area is 217 Å². The summed E-state index contributed by atoms with van der Waals surface area (Å²) < 4.78 is 21.3. The van der Waals surface area contributed by atoms with Crippen LogP contribution in [0.5, 0.6) is 5.88 Å². The Balaban J connectivity index is 1.16. The first-order valence-electron chi connectivity index (χ1n) is 12.0. The van der Waals surface area contributed by atoms with Crippen LogP contribution in [-0.4, -0.2) is 54.7 Å². The van der Waals surface area contributed by atoms with E-state index in [1.807, 2.05) is 31.4 Å². The SMILES string of the molecule is Cn1nc(-c2cscn2)nc1C(=O)N1CC2C(C1)C2Oc1cc(C(C)(C)N)cc(-c2ccc(F)cc2)n1. The van der Waals surface area contributed by atoms with Crippen molar-refractivity contribution >= 4 is 17.2 Å². The molecule has 2 fully saturated rings. The third-order valence-corrected chi connectivity index (χ3v) is 7.55. The van der Waals surface area contributed by atoms with Gasteiger partial charge in [0, 0.05) is 54.5 Å². The predicted molar refractivity (Wildman–Crippen MR) is 136 cm³/mol. The molecular weight excluding hydrogens is 493 g/mol. The molecule has 0 radical (unpaired) electrons. The summed E-state index contributed by atoms with van der Waals surface area (Å²) in [5.41, 5.74) is 10.5. The summed E-state index contributed by atoms with van der Waals surface area (Å²) in [5, 5.41) is 6.20. The van der Waals surface area contributed by atoms with Crippen LogP contribution in [0.25, 0.3) is 22.8 Å². The van der Waals surface area contributed by atoms with E-state index in [0.717, 1.165) is 11.1 Å². The lowest BCUT2D eigenvalue weighted by Gasteiger charge is -2.22. The van der Waals surface area contributed by atoms with Crippen LogP contribution in [0, 0.1) is 17.7 Å². The highest BCUT2D eigenvalue weighted by atomic mass is 32.1. The van der Waals surface area contributed by atoms with Gasteiger partial charge in [-0.2, -0.15) is 0 Å². The summed E-state index contributed by atoms with van der Waals surface area (Å²) in [6.45, 7) is 5.00. The van der Waals surface area contributed by atoms with Crippen molar-refractivity contribution in [2.75, 3.05) is 13.1 Å². The number of hydrogen-bond acceptors (Lipinski definition) is 8. The Morgan fingerprint density at radius 2 is 1.86 bits per heavy atom. The van der Waals surface area contributed by atoms with Gasteiger partial charge in [-0.1, -0.05) is 0 Å². The average molecular weight is 520 g/mol. The second kappa shape index (κ2) is 8.70. The van der Waals surface area contributed by atoms with Crippen LogP contribution in [-0.2, 0) is 12.6 Å². The van der Waals surface area contributed by atoms with Gasteiger partial charge in [0.2, 0.25) is 17.5 Å². The zero-order valence-electron chi connectivity index (χ0n) is 20.6. The summed E-state index contributed by atoms with van der Waals surface area (Å²) >= 11 is 1.46. The number of aryl methyl sites for hydroxylation is 1. The van der Waals surface area contributed by atoms with Crippen molar-refractivity contribution in [1.29, 1.82) is 0 Å². The van der Waals surface area contributed by atoms with E-state index in [1.165, 1.54) is 28.2 Å². The Bertz CT molecular complexity index is 1450. The van der Waals surface area contributed by atoms with Gasteiger partial charge in [0.1, 0.15) is 17.6 Å². The quantitative estimate of drug-likeness (QED) is 0.415. The number of rotatable bonds is 6. The number of pyridine rings is 1. The van der Waals surface area contributed by atoms with Gasteiger partial charge in [0.15, 0.2) is 0 Å². The van der Waals surface area contributed by atoms with Gasteiger partial charge in [0.25, 0.3) is 5.91 Å². The van der Waals surface area contributed by atoms with Crippen LogP contribution in [0.3, 0.4) is 0 Å². The molecule has 1 aliphatic heterocycles. The molecule has 0 bridgehead atoms. The second-order valence-corrected chi connectivity index (χ2v) is 10.9. The van der Waals surface area contributed by atoms with Gasteiger partial charge in [-0.15, -0.1) is 16.4 Å². The van der Waals surface area contributed by atoms with E-state index in [1.54, 1.807) is 29.6 Å². The van der Waals surface area contributed by atoms with Crippen molar-refractivity contribution < 1.29 is 13.9 Å². The number of carbonyl (C=O) groups is 1. The molecule has 6 rings (SSSR count). The van der Waals surface area contributed by atoms with Crippen molar-refractivity contribution in [3.05, 3.63) is 64.5 Å². The lowest BCUT2D eigenvalue weighted by atomic mass is 9.95. The van der Waals surface area contributed by atoms with Crippen molar-refractivity contribution in [2.45, 2.75) is 25.5 Å². The first kappa shape index (κ1) is 23.7. The largest absolute Gasteiger partial charge is 0.474 e. The fraction of sp³-hybridized carbons (Fsp3) is 0.346. The predicted octanol–water partition coefficient (Wildman–Crippen LogP) is 3.48. The number of nitrogens with two attached hydrogens (primary N) is 1. The van der Waals surface area contributed by atoms with Crippen molar-refractivity contribution in [3.63, 3.8) is 0 Å². The number of hydrogen-bond donors (Lipinski definition) is 1. The highest BCUT2D eigenvalue weighted by molar-refractivity contribution is 7.07. The highest BCUT2D eigenvalue weighted by Crippen LogP contribution is 2.48. The number of amides is 1. The van der Waals surface area contributed by atoms with Gasteiger partial charge in [-0.25, -0.2) is 24.0 Å². The van der Waals surface area contributed by atoms with Gasteiger partial charge in [-0.05, 0) is 49.7 Å². The molecule has 2 atom stereocenters. The molecule has 1 saturated carbocycles. The van der Waals surface area contributed by atoms with E-state index < -0.39 is 5.54 Å². The van der Waals surface area contributed by atoms with Crippen LogP contribution < -0.4 is 10.5 Å². The maximum absolute atomic E-state index is 13.4. The summed E-state index contributed by atoms with van der Waals surface area (Å²) in [6.07, 6.45) is -0.0289. The van der Waals surface area contributed by atoms with Crippen LogP contribution in [0.2, 0.25) is 0 Å². The summed E-state index contributed by atoms with van der Waals surface area (Å²) in [6, 6.07) is 9.97. The summed E-state index contributed by atoms with van der Waals surface area (Å²) in [7, 11) is 1.72. The second-order valence-electron chi connectivity index (χ2n) is 10.2. The number of likely N-dealkylation sites (tertiary alicyclic amines) is 1. The summed E-state index contributed by atoms with van der Waals surface area (Å²) in [4.78, 5) is 28.3. The lowest BCUT2D eigenvalue weighted by molar-refractivity contribution is 0.0734. The Kier molecular flexibility index (Phi) is 5.57. The summed E-state index contributed by atoms with van der Waals surface area (Å²) in [5.74, 6) is 1.22. The molecule has 0 spiro atoms. The van der Waals surface area contributed by atoms with E-state index in [4.69, 9.17) is 10.5 Å². The fourth-order valence-corrected chi connectivity index (χ4v) is 5.33. The number of nitrogens with zero attached hydrogens (tertiary/aromatic N) is 6. The number of fused-ring (bicyclic) bond motifs is 1. The molecule has 2 N–H and O–H groups in total. The van der Waals surface area contributed by atoms with Crippen LogP contribution in [0.4, 0.5) is 4.39 Å². The van der Waals surface area contributed by atoms with Gasteiger partial charge in [-0.3, -0.25) is 4.79 Å². The first-order valence-corrected chi connectivity index (χ1v) is 12.9. The number of aromatic nitrogens is 5. The Morgan fingerprint density at radius 1 is 1.14 bits per heavy atom. The monoisotopic (exact) mass is 519 g/mol. The molecule has 1 amide bonds. The van der Waals surface area contributed by atoms with E-state index >= 15 is 0 Å². The molecule has 1 aromatic carbocycles. The minimum Gasteiger partial charge on any atom is -0.474 e. The van der Waals surface area contributed by atoms with E-state index in [-0.39, 0.29) is 29.7 Å². The molecule has 4 aromatic rings. The van der Waals surface area contributed by atoms with Gasteiger partial charge >= 0.3 is 0 Å². The molecule has 2 aliphatic rings. The van der Waals surface area contributed by atoms with Crippen molar-refractivity contribution in [2.24, 2.45) is 24.6 Å². The molecule has 3 aromatic heterocycles. The molecule has 4 heterocycles. The first-order chi connectivity index (χ1) is 17.7. The Hall–Kier alpha value is -3.70. The maximum Gasteiger partial charge on any atom is 0.291 e. The maximum atomic E-state index is 13.4. The molecule has 37 heavy (non-hydrogen) atoms. The standard InChI is InChI=1S/C26H26FN7O2S/c1-26(2,28)15-8-19(14-4-6-16(27)7-5-14)30-21(9-15)36-22-17-10-34(11-18(17)22)25(35)24-31-23(32-33(24)3)20-12-37-13-29-20/h4-9,12-13,17-18,22H,10-11,28H2,1-3H3. The number of benzene rings is 1. The minimum absolute atomic E-state index is 0.0289. The number of carbonyl (C=O) groups excluding carboxylic acids is 1. The number of halogens is 1. The molecule has 2 unspecified atom stereocenters. The smallest absolute Gasteiger partial charge is 0.291 e. The molecular formula is C26H26FN7O2S. The average Bonchev–Trinajstić information content (AvgIpc) is 3.36. The molecule has 11 heteroatoms. The van der Waals surface area contributed by atoms with Gasteiger partial charge < -0.3 is 15.4 Å². The third-order valence-electron chi connectivity index (χ3n) is 6.96. The molecule has 9 nitrogen and oxygen atoms in total. The molecule has 1 saturated heterocycles. The zero-order chi connectivity index (χ0) is 25.9. The Morgan fingerprint density at radius 3 is 2.51 bits per heavy atom. The van der Waals surface area contributed by atoms with Crippen LogP contribution in [0.1, 0.15) is 30.0 Å².